The molecule has 33 heavy (non-hydrogen) atoms. The van der Waals surface area contributed by atoms with E-state index >= 15 is 0 Å². The number of aromatic hydroxyl groups is 3. The first-order valence-corrected chi connectivity index (χ1v) is 11.2. The molecule has 1 aliphatic carbocycles. The molecule has 0 aromatic heterocycles. The standard InChI is InChI=1S/C27H32O6/c1-15(2)7-6-8-16(3)9-10-19-20-11-18(29)12-22(30)24(20)26(32)25-21(19)13-27(5,14-23(25)31)33-17(4)28/h7,9,11-12,29-30,32H,6,8,10,13-14H2,1-5H3/b16-9+. The largest absolute Gasteiger partial charge is 0.508 e. The number of phenols is 3. The normalized spacial score (nSPS) is 18.2. The Morgan fingerprint density at radius 1 is 1.09 bits per heavy atom. The zero-order valence-corrected chi connectivity index (χ0v) is 19.9. The molecule has 0 aliphatic heterocycles. The lowest BCUT2D eigenvalue weighted by atomic mass is 9.75. The van der Waals surface area contributed by atoms with Gasteiger partial charge in [0.1, 0.15) is 22.8 Å². The summed E-state index contributed by atoms with van der Waals surface area (Å²) < 4.78 is 5.50. The van der Waals surface area contributed by atoms with E-state index < -0.39 is 11.6 Å². The molecule has 3 N–H and O–H groups in total. The van der Waals surface area contributed by atoms with E-state index in [2.05, 4.69) is 26.0 Å². The molecule has 0 saturated heterocycles. The van der Waals surface area contributed by atoms with Crippen molar-refractivity contribution in [2.24, 2.45) is 0 Å². The van der Waals surface area contributed by atoms with Crippen LogP contribution in [0.5, 0.6) is 17.2 Å². The number of fused-ring (bicyclic) bond motifs is 2. The molecule has 0 amide bonds. The maximum absolute atomic E-state index is 13.1. The fraction of sp³-hybridized carbons (Fsp3) is 0.407. The first kappa shape index (κ1) is 24.4. The van der Waals surface area contributed by atoms with Crippen LogP contribution in [-0.4, -0.2) is 32.7 Å². The summed E-state index contributed by atoms with van der Waals surface area (Å²) in [6, 6.07) is 2.63. The highest BCUT2D eigenvalue weighted by Crippen LogP contribution is 2.46. The van der Waals surface area contributed by atoms with Gasteiger partial charge >= 0.3 is 5.97 Å². The van der Waals surface area contributed by atoms with Crippen molar-refractivity contribution >= 4 is 22.5 Å². The third-order valence-corrected chi connectivity index (χ3v) is 6.07. The summed E-state index contributed by atoms with van der Waals surface area (Å²) in [5, 5.41) is 32.2. The van der Waals surface area contributed by atoms with E-state index in [0.29, 0.717) is 17.4 Å². The van der Waals surface area contributed by atoms with Crippen molar-refractivity contribution in [2.75, 3.05) is 0 Å². The molecule has 0 heterocycles. The average molecular weight is 453 g/mol. The van der Waals surface area contributed by atoms with E-state index in [-0.39, 0.29) is 46.8 Å². The molecular formula is C27H32O6. The van der Waals surface area contributed by atoms with Gasteiger partial charge in [0.2, 0.25) is 0 Å². The Hall–Kier alpha value is -3.28. The predicted molar refractivity (Wildman–Crippen MR) is 128 cm³/mol. The van der Waals surface area contributed by atoms with Crippen LogP contribution in [0, 0.1) is 0 Å². The summed E-state index contributed by atoms with van der Waals surface area (Å²) in [7, 11) is 0. The predicted octanol–water partition coefficient (Wildman–Crippen LogP) is 5.64. The summed E-state index contributed by atoms with van der Waals surface area (Å²) >= 11 is 0. The molecule has 6 nitrogen and oxygen atoms in total. The molecule has 1 aliphatic rings. The van der Waals surface area contributed by atoms with Gasteiger partial charge in [0.05, 0.1) is 17.4 Å². The topological polar surface area (TPSA) is 104 Å². The minimum atomic E-state index is -1.04. The van der Waals surface area contributed by atoms with Gasteiger partial charge < -0.3 is 20.1 Å². The Bertz CT molecular complexity index is 1180. The maximum atomic E-state index is 13.1. The van der Waals surface area contributed by atoms with Gasteiger partial charge in [0, 0.05) is 19.4 Å². The fourth-order valence-corrected chi connectivity index (χ4v) is 4.66. The van der Waals surface area contributed by atoms with Gasteiger partial charge in [-0.05, 0) is 69.5 Å². The lowest BCUT2D eigenvalue weighted by Crippen LogP contribution is -2.40. The highest BCUT2D eigenvalue weighted by Gasteiger charge is 2.41. The average Bonchev–Trinajstić information content (AvgIpc) is 2.65. The van der Waals surface area contributed by atoms with E-state index in [1.807, 2.05) is 6.92 Å². The summed E-state index contributed by atoms with van der Waals surface area (Å²) in [4.78, 5) is 24.8. The number of phenolic OH excluding ortho intramolecular Hbond substituents is 3. The molecule has 176 valence electrons. The monoisotopic (exact) mass is 452 g/mol. The SMILES string of the molecule is CC(=O)OC1(C)CC(=O)c2c(c(C/C=C(\C)CCC=C(C)C)c3cc(O)cc(O)c3c2O)C1. The Balaban J connectivity index is 2.19. The van der Waals surface area contributed by atoms with E-state index in [0.717, 1.165) is 30.0 Å². The molecule has 0 radical (unpaired) electrons. The van der Waals surface area contributed by atoms with Crippen molar-refractivity contribution < 1.29 is 29.6 Å². The highest BCUT2D eigenvalue weighted by molar-refractivity contribution is 6.10. The Morgan fingerprint density at radius 3 is 2.42 bits per heavy atom. The van der Waals surface area contributed by atoms with Crippen LogP contribution in [0.4, 0.5) is 0 Å². The van der Waals surface area contributed by atoms with E-state index in [9.17, 15) is 24.9 Å². The molecule has 2 aromatic carbocycles. The van der Waals surface area contributed by atoms with Gasteiger partial charge in [-0.3, -0.25) is 9.59 Å². The Morgan fingerprint density at radius 2 is 1.79 bits per heavy atom. The van der Waals surface area contributed by atoms with Crippen LogP contribution in [-0.2, 0) is 22.4 Å². The van der Waals surface area contributed by atoms with Gasteiger partial charge in [-0.25, -0.2) is 0 Å². The van der Waals surface area contributed by atoms with Crippen molar-refractivity contribution in [1.29, 1.82) is 0 Å². The van der Waals surface area contributed by atoms with Crippen molar-refractivity contribution in [1.82, 2.24) is 0 Å². The van der Waals surface area contributed by atoms with Crippen LogP contribution in [0.15, 0.2) is 35.4 Å². The molecule has 0 saturated carbocycles. The molecule has 1 atom stereocenters. The van der Waals surface area contributed by atoms with Gasteiger partial charge in [-0.15, -0.1) is 0 Å². The number of rotatable bonds is 6. The Kier molecular flexibility index (Phi) is 6.86. The van der Waals surface area contributed by atoms with Crippen LogP contribution in [0.1, 0.15) is 75.4 Å². The van der Waals surface area contributed by atoms with Crippen molar-refractivity contribution in [3.63, 3.8) is 0 Å². The molecule has 1 unspecified atom stereocenters. The first-order valence-electron chi connectivity index (χ1n) is 11.2. The second-order valence-electron chi connectivity index (χ2n) is 9.46. The second kappa shape index (κ2) is 9.30. The molecule has 6 heteroatoms. The van der Waals surface area contributed by atoms with Crippen molar-refractivity contribution in [2.45, 2.75) is 72.3 Å². The van der Waals surface area contributed by atoms with E-state index in [1.54, 1.807) is 6.92 Å². The summed E-state index contributed by atoms with van der Waals surface area (Å²) in [6.07, 6.45) is 6.66. The molecule has 0 fully saturated rings. The van der Waals surface area contributed by atoms with Crippen molar-refractivity contribution in [3.8, 4) is 17.2 Å². The molecule has 0 bridgehead atoms. The Labute approximate surface area is 194 Å². The third-order valence-electron chi connectivity index (χ3n) is 6.07. The van der Waals surface area contributed by atoms with E-state index in [1.165, 1.54) is 18.6 Å². The first-order chi connectivity index (χ1) is 15.4. The highest BCUT2D eigenvalue weighted by atomic mass is 16.6. The van der Waals surface area contributed by atoms with E-state index in [4.69, 9.17) is 4.74 Å². The lowest BCUT2D eigenvalue weighted by Gasteiger charge is -2.35. The fourth-order valence-electron chi connectivity index (χ4n) is 4.66. The number of esters is 1. The molecule has 0 spiro atoms. The summed E-state index contributed by atoms with van der Waals surface area (Å²) in [5.74, 6) is -1.57. The van der Waals surface area contributed by atoms with Gasteiger partial charge in [0.25, 0.3) is 0 Å². The summed E-state index contributed by atoms with van der Waals surface area (Å²) in [5.41, 5.74) is 2.84. The quantitative estimate of drug-likeness (QED) is 0.387. The van der Waals surface area contributed by atoms with Crippen LogP contribution < -0.4 is 0 Å². The number of ketones is 1. The zero-order chi connectivity index (χ0) is 24.5. The second-order valence-corrected chi connectivity index (χ2v) is 9.46. The number of carbonyl (C=O) groups is 2. The van der Waals surface area contributed by atoms with Crippen LogP contribution in [0.2, 0.25) is 0 Å². The van der Waals surface area contributed by atoms with Crippen LogP contribution >= 0.6 is 0 Å². The van der Waals surface area contributed by atoms with Crippen LogP contribution in [0.25, 0.3) is 10.8 Å². The van der Waals surface area contributed by atoms with Gasteiger partial charge in [0.15, 0.2) is 5.78 Å². The molecule has 3 rings (SSSR count). The number of ether oxygens (including phenoxy) is 1. The van der Waals surface area contributed by atoms with Gasteiger partial charge in [-0.2, -0.15) is 0 Å². The third kappa shape index (κ3) is 5.21. The number of carbonyl (C=O) groups excluding carboxylic acids is 2. The minimum absolute atomic E-state index is 0.0610. The number of hydrogen-bond acceptors (Lipinski definition) is 6. The lowest BCUT2D eigenvalue weighted by molar-refractivity contribution is -0.155. The minimum Gasteiger partial charge on any atom is -0.508 e. The molecular weight excluding hydrogens is 420 g/mol. The van der Waals surface area contributed by atoms with Gasteiger partial charge in [-0.1, -0.05) is 23.3 Å². The number of hydrogen-bond donors (Lipinski definition) is 3. The number of benzene rings is 2. The van der Waals surface area contributed by atoms with Crippen LogP contribution in [0.3, 0.4) is 0 Å². The zero-order valence-electron chi connectivity index (χ0n) is 19.9. The molecule has 2 aromatic rings. The maximum Gasteiger partial charge on any atom is 0.303 e. The number of allylic oxidation sites excluding steroid dienone is 4. The number of Topliss-reactive ketones (excluding diaryl/α,β-unsaturated/α-hetero) is 1. The smallest absolute Gasteiger partial charge is 0.303 e. The summed E-state index contributed by atoms with van der Waals surface area (Å²) in [6.45, 7) is 9.17. The van der Waals surface area contributed by atoms with Crippen molar-refractivity contribution in [3.05, 3.63) is 52.1 Å².